The topological polar surface area (TPSA) is 33.1 Å². The number of rotatable bonds is 6. The van der Waals surface area contributed by atoms with Crippen LogP contribution < -0.4 is 5.32 Å². The van der Waals surface area contributed by atoms with Crippen molar-refractivity contribution in [2.24, 2.45) is 0 Å². The van der Waals surface area contributed by atoms with Crippen LogP contribution in [-0.2, 0) is 6.54 Å². The van der Waals surface area contributed by atoms with Crippen molar-refractivity contribution in [3.05, 3.63) is 25.0 Å². The van der Waals surface area contributed by atoms with Crippen LogP contribution in [-0.4, -0.2) is 40.1 Å². The number of imidazole rings is 1. The Balaban J connectivity index is 1.85. The Labute approximate surface area is 103 Å². The standard InChI is InChI=1S/C13H22N4/c1-3-7-17-10-6-14-13(17)15-12(2)11-16-8-4-5-9-16/h3,6,10,12H,1,4-5,7-9,11H2,2H3,(H,14,15). The van der Waals surface area contributed by atoms with Crippen LogP contribution in [0.1, 0.15) is 19.8 Å². The molecule has 0 amide bonds. The second kappa shape index (κ2) is 5.87. The van der Waals surface area contributed by atoms with Crippen LogP contribution in [0.5, 0.6) is 0 Å². The molecular weight excluding hydrogens is 212 g/mol. The maximum atomic E-state index is 4.33. The van der Waals surface area contributed by atoms with E-state index in [1.165, 1.54) is 25.9 Å². The maximum absolute atomic E-state index is 4.33. The number of likely N-dealkylation sites (tertiary alicyclic amines) is 1. The van der Waals surface area contributed by atoms with Crippen LogP contribution in [0.15, 0.2) is 25.0 Å². The summed E-state index contributed by atoms with van der Waals surface area (Å²) in [6, 6.07) is 0.430. The van der Waals surface area contributed by atoms with Gasteiger partial charge in [0.1, 0.15) is 0 Å². The molecule has 0 aliphatic carbocycles. The molecule has 1 unspecified atom stereocenters. The number of allylic oxidation sites excluding steroid dienone is 1. The van der Waals surface area contributed by atoms with E-state index in [2.05, 4.69) is 33.3 Å². The Bertz CT molecular complexity index is 352. The fraction of sp³-hybridized carbons (Fsp3) is 0.615. The molecule has 1 aromatic heterocycles. The minimum absolute atomic E-state index is 0.430. The van der Waals surface area contributed by atoms with E-state index in [0.29, 0.717) is 6.04 Å². The summed E-state index contributed by atoms with van der Waals surface area (Å²) >= 11 is 0. The van der Waals surface area contributed by atoms with E-state index in [4.69, 9.17) is 0 Å². The molecule has 1 atom stereocenters. The van der Waals surface area contributed by atoms with E-state index in [9.17, 15) is 0 Å². The molecule has 2 heterocycles. The predicted molar refractivity (Wildman–Crippen MR) is 71.2 cm³/mol. The number of nitrogens with zero attached hydrogens (tertiary/aromatic N) is 3. The third-order valence-corrected chi connectivity index (χ3v) is 3.15. The summed E-state index contributed by atoms with van der Waals surface area (Å²) in [5, 5.41) is 3.46. The van der Waals surface area contributed by atoms with Crippen LogP contribution in [0.25, 0.3) is 0 Å². The van der Waals surface area contributed by atoms with Crippen molar-refractivity contribution in [1.82, 2.24) is 14.5 Å². The molecule has 1 aliphatic heterocycles. The van der Waals surface area contributed by atoms with Gasteiger partial charge in [-0.1, -0.05) is 6.08 Å². The van der Waals surface area contributed by atoms with Gasteiger partial charge >= 0.3 is 0 Å². The number of anilines is 1. The van der Waals surface area contributed by atoms with Gasteiger partial charge in [-0.05, 0) is 32.9 Å². The molecule has 4 nitrogen and oxygen atoms in total. The maximum Gasteiger partial charge on any atom is 0.203 e. The SMILES string of the molecule is C=CCn1ccnc1NC(C)CN1CCCC1. The normalized spacial score (nSPS) is 18.2. The molecule has 17 heavy (non-hydrogen) atoms. The quantitative estimate of drug-likeness (QED) is 0.764. The Hall–Kier alpha value is -1.29. The van der Waals surface area contributed by atoms with Crippen molar-refractivity contribution in [2.45, 2.75) is 32.4 Å². The number of hydrogen-bond donors (Lipinski definition) is 1. The van der Waals surface area contributed by atoms with Crippen molar-refractivity contribution in [1.29, 1.82) is 0 Å². The summed E-state index contributed by atoms with van der Waals surface area (Å²) in [7, 11) is 0. The molecule has 94 valence electrons. The molecule has 1 N–H and O–H groups in total. The molecule has 0 saturated carbocycles. The molecule has 1 aliphatic rings. The lowest BCUT2D eigenvalue weighted by Crippen LogP contribution is -2.33. The van der Waals surface area contributed by atoms with Crippen molar-refractivity contribution in [2.75, 3.05) is 25.0 Å². The average molecular weight is 234 g/mol. The van der Waals surface area contributed by atoms with Gasteiger partial charge in [0.15, 0.2) is 0 Å². The van der Waals surface area contributed by atoms with Crippen LogP contribution >= 0.6 is 0 Å². The number of aromatic nitrogens is 2. The van der Waals surface area contributed by atoms with E-state index in [1.54, 1.807) is 0 Å². The molecule has 0 aromatic carbocycles. The third kappa shape index (κ3) is 3.33. The van der Waals surface area contributed by atoms with Gasteiger partial charge in [0.2, 0.25) is 5.95 Å². The average Bonchev–Trinajstić information content (AvgIpc) is 2.92. The Morgan fingerprint density at radius 3 is 3.00 bits per heavy atom. The molecule has 2 rings (SSSR count). The molecule has 1 aromatic rings. The fourth-order valence-electron chi connectivity index (χ4n) is 2.35. The van der Waals surface area contributed by atoms with Crippen LogP contribution in [0, 0.1) is 0 Å². The lowest BCUT2D eigenvalue weighted by Gasteiger charge is -2.21. The summed E-state index contributed by atoms with van der Waals surface area (Å²) in [5.74, 6) is 0.941. The second-order valence-corrected chi connectivity index (χ2v) is 4.74. The summed E-state index contributed by atoms with van der Waals surface area (Å²) in [5.41, 5.74) is 0. The van der Waals surface area contributed by atoms with E-state index < -0.39 is 0 Å². The number of nitrogens with one attached hydrogen (secondary N) is 1. The molecular formula is C13H22N4. The highest BCUT2D eigenvalue weighted by atomic mass is 15.2. The highest BCUT2D eigenvalue weighted by molar-refractivity contribution is 5.27. The lowest BCUT2D eigenvalue weighted by molar-refractivity contribution is 0.327. The first kappa shape index (κ1) is 12.2. The molecule has 0 spiro atoms. The fourth-order valence-corrected chi connectivity index (χ4v) is 2.35. The monoisotopic (exact) mass is 234 g/mol. The Kier molecular flexibility index (Phi) is 4.20. The van der Waals surface area contributed by atoms with Gasteiger partial charge in [-0.15, -0.1) is 6.58 Å². The summed E-state index contributed by atoms with van der Waals surface area (Å²) in [6.45, 7) is 10.4. The van der Waals surface area contributed by atoms with Gasteiger partial charge < -0.3 is 14.8 Å². The summed E-state index contributed by atoms with van der Waals surface area (Å²) in [4.78, 5) is 6.85. The Morgan fingerprint density at radius 2 is 2.29 bits per heavy atom. The van der Waals surface area contributed by atoms with Gasteiger partial charge in [0.05, 0.1) is 0 Å². The van der Waals surface area contributed by atoms with E-state index in [0.717, 1.165) is 19.0 Å². The van der Waals surface area contributed by atoms with E-state index >= 15 is 0 Å². The van der Waals surface area contributed by atoms with E-state index in [1.807, 2.05) is 18.5 Å². The van der Waals surface area contributed by atoms with Gasteiger partial charge in [-0.25, -0.2) is 4.98 Å². The Morgan fingerprint density at radius 1 is 1.53 bits per heavy atom. The van der Waals surface area contributed by atoms with E-state index in [-0.39, 0.29) is 0 Å². The highest BCUT2D eigenvalue weighted by Gasteiger charge is 2.15. The summed E-state index contributed by atoms with van der Waals surface area (Å²) in [6.07, 6.45) is 8.38. The second-order valence-electron chi connectivity index (χ2n) is 4.74. The van der Waals surface area contributed by atoms with Crippen molar-refractivity contribution < 1.29 is 0 Å². The smallest absolute Gasteiger partial charge is 0.203 e. The zero-order valence-electron chi connectivity index (χ0n) is 10.6. The van der Waals surface area contributed by atoms with Gasteiger partial charge in [0, 0.05) is 31.5 Å². The summed E-state index contributed by atoms with van der Waals surface area (Å²) < 4.78 is 2.08. The molecule has 1 saturated heterocycles. The van der Waals surface area contributed by atoms with Gasteiger partial charge in [-0.2, -0.15) is 0 Å². The first-order valence-electron chi connectivity index (χ1n) is 6.40. The third-order valence-electron chi connectivity index (χ3n) is 3.15. The predicted octanol–water partition coefficient (Wildman–Crippen LogP) is 1.97. The van der Waals surface area contributed by atoms with Gasteiger partial charge in [0.25, 0.3) is 0 Å². The molecule has 0 bridgehead atoms. The minimum Gasteiger partial charge on any atom is -0.352 e. The first-order chi connectivity index (χ1) is 8.29. The van der Waals surface area contributed by atoms with Crippen LogP contribution in [0.3, 0.4) is 0 Å². The molecule has 0 radical (unpaired) electrons. The zero-order valence-corrected chi connectivity index (χ0v) is 10.6. The highest BCUT2D eigenvalue weighted by Crippen LogP contribution is 2.10. The largest absolute Gasteiger partial charge is 0.352 e. The zero-order chi connectivity index (χ0) is 12.1. The lowest BCUT2D eigenvalue weighted by atomic mass is 10.3. The number of hydrogen-bond acceptors (Lipinski definition) is 3. The molecule has 1 fully saturated rings. The van der Waals surface area contributed by atoms with Crippen molar-refractivity contribution in [3.63, 3.8) is 0 Å². The van der Waals surface area contributed by atoms with Crippen LogP contribution in [0.4, 0.5) is 5.95 Å². The minimum atomic E-state index is 0.430. The van der Waals surface area contributed by atoms with Gasteiger partial charge in [-0.3, -0.25) is 0 Å². The van der Waals surface area contributed by atoms with Crippen LogP contribution in [0.2, 0.25) is 0 Å². The molecule has 4 heteroatoms. The van der Waals surface area contributed by atoms with Crippen molar-refractivity contribution in [3.8, 4) is 0 Å². The van der Waals surface area contributed by atoms with Crippen molar-refractivity contribution >= 4 is 5.95 Å². The first-order valence-corrected chi connectivity index (χ1v) is 6.40.